The number of rotatable bonds is 6. The molecule has 4 aromatic carbocycles. The Labute approximate surface area is 278 Å². The first-order valence-corrected chi connectivity index (χ1v) is 16.0. The van der Waals surface area contributed by atoms with Crippen molar-refractivity contribution in [1.82, 2.24) is 0 Å². The lowest BCUT2D eigenvalue weighted by molar-refractivity contribution is -0.140. The van der Waals surface area contributed by atoms with Gasteiger partial charge in [-0.2, -0.15) is 0 Å². The molecule has 1 aliphatic carbocycles. The van der Waals surface area contributed by atoms with Gasteiger partial charge >= 0.3 is 11.9 Å². The molecule has 0 fully saturated rings. The van der Waals surface area contributed by atoms with E-state index >= 15 is 0 Å². The van der Waals surface area contributed by atoms with Gasteiger partial charge in [-0.15, -0.1) is 0 Å². The third-order valence-electron chi connectivity index (χ3n) is 8.24. The monoisotopic (exact) mass is 654 g/mol. The highest BCUT2D eigenvalue weighted by molar-refractivity contribution is 5.69. The molecule has 0 saturated carbocycles. The summed E-state index contributed by atoms with van der Waals surface area (Å²) in [6.45, 7) is 1.26. The Hall–Kier alpha value is -5.06. The maximum absolute atomic E-state index is 11.7. The molecule has 0 saturated heterocycles. The molecule has 4 aromatic rings. The number of carboxylic acid groups (broad SMARTS) is 2. The van der Waals surface area contributed by atoms with Gasteiger partial charge < -0.3 is 38.6 Å². The lowest BCUT2D eigenvalue weighted by Gasteiger charge is -2.22. The second-order valence-corrected chi connectivity index (χ2v) is 11.6. The molecule has 2 aliphatic rings. The van der Waals surface area contributed by atoms with Crippen molar-refractivity contribution in [3.8, 4) is 23.0 Å². The second-order valence-electron chi connectivity index (χ2n) is 11.6. The maximum atomic E-state index is 11.7. The van der Waals surface area contributed by atoms with Crippen molar-refractivity contribution in [2.24, 2.45) is 0 Å². The minimum absolute atomic E-state index is 0.313. The van der Waals surface area contributed by atoms with Crippen LogP contribution in [0.4, 0.5) is 0 Å². The van der Waals surface area contributed by atoms with Gasteiger partial charge in [0.1, 0.15) is 36.2 Å². The summed E-state index contributed by atoms with van der Waals surface area (Å²) in [5.74, 6) is 0.204. The van der Waals surface area contributed by atoms with Gasteiger partial charge in [0.15, 0.2) is 13.2 Å². The largest absolute Gasteiger partial charge is 0.491 e. The van der Waals surface area contributed by atoms with Crippen LogP contribution in [-0.4, -0.2) is 75.0 Å². The Morgan fingerprint density at radius 2 is 0.771 bits per heavy atom. The Balaban J connectivity index is 1.56. The first kappa shape index (κ1) is 32.9. The summed E-state index contributed by atoms with van der Waals surface area (Å²) in [6.07, 6.45) is 1.64. The number of ether oxygens (including phenoxy) is 6. The number of hydrogen-bond acceptors (Lipinski definition) is 8. The third kappa shape index (κ3) is 8.07. The Morgan fingerprint density at radius 1 is 0.479 bits per heavy atom. The molecule has 6 rings (SSSR count). The fourth-order valence-electron chi connectivity index (χ4n) is 6.22. The molecule has 0 aromatic heterocycles. The third-order valence-corrected chi connectivity index (χ3v) is 8.24. The zero-order valence-corrected chi connectivity index (χ0v) is 26.6. The van der Waals surface area contributed by atoms with Gasteiger partial charge in [-0.1, -0.05) is 72.8 Å². The molecule has 48 heavy (non-hydrogen) atoms. The van der Waals surface area contributed by atoms with Crippen LogP contribution in [0.5, 0.6) is 23.0 Å². The normalized spacial score (nSPS) is 14.9. The Bertz CT molecular complexity index is 1640. The van der Waals surface area contributed by atoms with Crippen molar-refractivity contribution in [2.75, 3.05) is 52.9 Å². The van der Waals surface area contributed by atoms with Gasteiger partial charge in [-0.05, 0) is 44.5 Å². The summed E-state index contributed by atoms with van der Waals surface area (Å²) in [7, 11) is 0. The fraction of sp³-hybridized carbons (Fsp3) is 0.316. The first-order chi connectivity index (χ1) is 23.5. The SMILES string of the molecule is O=C(O)COc1c2cccc1Cc1cccc(c1OCC(=O)O)Cc1cccc3c1OCCOCCOCCOc1c(cccc1C2)C3. The predicted molar refractivity (Wildman–Crippen MR) is 176 cm³/mol. The molecule has 0 radical (unpaired) electrons. The quantitative estimate of drug-likeness (QED) is 0.255. The Morgan fingerprint density at radius 3 is 1.12 bits per heavy atom. The van der Waals surface area contributed by atoms with Gasteiger partial charge in [-0.25, -0.2) is 9.59 Å². The van der Waals surface area contributed by atoms with E-state index in [1.54, 1.807) is 0 Å². The molecule has 10 heteroatoms. The van der Waals surface area contributed by atoms with Crippen LogP contribution >= 0.6 is 0 Å². The zero-order valence-electron chi connectivity index (χ0n) is 26.6. The first-order valence-electron chi connectivity index (χ1n) is 16.0. The highest BCUT2D eigenvalue weighted by Gasteiger charge is 2.22. The van der Waals surface area contributed by atoms with Gasteiger partial charge in [0.2, 0.25) is 0 Å². The summed E-state index contributed by atoms with van der Waals surface area (Å²) in [6, 6.07) is 23.6. The highest BCUT2D eigenvalue weighted by atomic mass is 16.6. The smallest absolute Gasteiger partial charge is 0.341 e. The van der Waals surface area contributed by atoms with Crippen LogP contribution in [0.15, 0.2) is 72.8 Å². The summed E-state index contributed by atoms with van der Waals surface area (Å²) in [4.78, 5) is 23.4. The average Bonchev–Trinajstić information content (AvgIpc) is 3.06. The number of carbonyl (C=O) groups is 2. The van der Waals surface area contributed by atoms with Crippen LogP contribution in [0.1, 0.15) is 44.5 Å². The van der Waals surface area contributed by atoms with Crippen LogP contribution in [0, 0.1) is 0 Å². The maximum Gasteiger partial charge on any atom is 0.341 e. The number of benzene rings is 4. The number of carboxylic acids is 2. The molecule has 10 bridgehead atoms. The number of hydrogen-bond donors (Lipinski definition) is 2. The molecule has 10 nitrogen and oxygen atoms in total. The van der Waals surface area contributed by atoms with Crippen LogP contribution in [0.3, 0.4) is 0 Å². The van der Waals surface area contributed by atoms with Gasteiger partial charge in [0.05, 0.1) is 26.4 Å². The van der Waals surface area contributed by atoms with E-state index in [1.807, 2.05) is 72.8 Å². The zero-order chi connectivity index (χ0) is 33.3. The number of fused-ring (bicyclic) bond motifs is 4. The van der Waals surface area contributed by atoms with E-state index in [0.717, 1.165) is 56.0 Å². The van der Waals surface area contributed by atoms with Crippen molar-refractivity contribution in [3.05, 3.63) is 117 Å². The molecule has 2 N–H and O–H groups in total. The van der Waals surface area contributed by atoms with Crippen LogP contribution < -0.4 is 18.9 Å². The van der Waals surface area contributed by atoms with Gasteiger partial charge in [-0.3, -0.25) is 0 Å². The van der Waals surface area contributed by atoms with E-state index in [2.05, 4.69) is 0 Å². The fourth-order valence-corrected chi connectivity index (χ4v) is 6.22. The van der Waals surface area contributed by atoms with Crippen molar-refractivity contribution < 1.29 is 48.2 Å². The molecule has 250 valence electrons. The van der Waals surface area contributed by atoms with Crippen LogP contribution in [0.2, 0.25) is 0 Å². The van der Waals surface area contributed by atoms with E-state index in [1.165, 1.54) is 0 Å². The number of para-hydroxylation sites is 4. The minimum atomic E-state index is -1.09. The predicted octanol–water partition coefficient (Wildman–Crippen LogP) is 5.09. The Kier molecular flexibility index (Phi) is 10.7. The van der Waals surface area contributed by atoms with Crippen molar-refractivity contribution in [2.45, 2.75) is 25.7 Å². The topological polar surface area (TPSA) is 130 Å². The van der Waals surface area contributed by atoms with E-state index in [0.29, 0.717) is 76.8 Å². The highest BCUT2D eigenvalue weighted by Crippen LogP contribution is 2.38. The molecule has 1 heterocycles. The summed E-state index contributed by atoms with van der Waals surface area (Å²) in [5, 5.41) is 19.1. The second kappa shape index (κ2) is 15.7. The molecule has 0 spiro atoms. The van der Waals surface area contributed by atoms with Crippen molar-refractivity contribution in [3.63, 3.8) is 0 Å². The van der Waals surface area contributed by atoms with E-state index in [9.17, 15) is 19.8 Å². The van der Waals surface area contributed by atoms with Crippen molar-refractivity contribution >= 4 is 11.9 Å². The van der Waals surface area contributed by atoms with Gasteiger partial charge in [0, 0.05) is 25.7 Å². The lowest BCUT2D eigenvalue weighted by atomic mass is 9.91. The van der Waals surface area contributed by atoms with Crippen LogP contribution in [0.25, 0.3) is 0 Å². The van der Waals surface area contributed by atoms with E-state index in [-0.39, 0.29) is 0 Å². The summed E-state index contributed by atoms with van der Waals surface area (Å²) < 4.78 is 36.4. The minimum Gasteiger partial charge on any atom is -0.491 e. The molecule has 0 unspecified atom stereocenters. The lowest BCUT2D eigenvalue weighted by Crippen LogP contribution is -2.14. The molecule has 1 aliphatic heterocycles. The molecular weight excluding hydrogens is 616 g/mol. The molecule has 0 amide bonds. The average molecular weight is 655 g/mol. The van der Waals surface area contributed by atoms with Gasteiger partial charge in [0.25, 0.3) is 0 Å². The van der Waals surface area contributed by atoms with Crippen LogP contribution in [-0.2, 0) is 44.7 Å². The van der Waals surface area contributed by atoms with E-state index in [4.69, 9.17) is 28.4 Å². The van der Waals surface area contributed by atoms with E-state index < -0.39 is 25.2 Å². The summed E-state index contributed by atoms with van der Waals surface area (Å²) >= 11 is 0. The summed E-state index contributed by atoms with van der Waals surface area (Å²) in [5.41, 5.74) is 6.82. The molecular formula is C38H38O10. The molecule has 0 atom stereocenters. The van der Waals surface area contributed by atoms with Crippen molar-refractivity contribution in [1.29, 1.82) is 0 Å². The number of aliphatic carboxylic acids is 2. The standard InChI is InChI=1S/C38H38O10/c39-33(40)23-47-37-29-9-3-11-31(37)22-32-12-4-10-30(38(32)48-24-34(41)42)21-28-8-2-6-26-19-25-5-1-7-27(20-29)35(25)45-17-15-43-13-14-44-16-18-46-36(26)28/h1-12H,13-24H2,(H,39,40)(H,41,42).